The number of nitrogens with zero attached hydrogens (tertiary/aromatic N) is 1. The summed E-state index contributed by atoms with van der Waals surface area (Å²) >= 11 is -0.106. The third-order valence-electron chi connectivity index (χ3n) is 3.88. The van der Waals surface area contributed by atoms with Gasteiger partial charge in [0.1, 0.15) is 0 Å². The Balaban J connectivity index is 0.000000250. The molecule has 0 spiro atoms. The molecule has 1 N–H and O–H groups in total. The molecule has 0 saturated carbocycles. The summed E-state index contributed by atoms with van der Waals surface area (Å²) in [7, 11) is 9.18. The Labute approximate surface area is 190 Å². The third kappa shape index (κ3) is 8.43. The molecule has 0 atom stereocenters. The summed E-state index contributed by atoms with van der Waals surface area (Å²) in [4.78, 5) is 0. The Morgan fingerprint density at radius 3 is 1.24 bits per heavy atom. The van der Waals surface area contributed by atoms with Crippen LogP contribution in [0.2, 0.25) is 0 Å². The molecule has 0 aliphatic heterocycles. The van der Waals surface area contributed by atoms with Gasteiger partial charge in [-0.3, -0.25) is 5.10 Å². The Morgan fingerprint density at radius 2 is 1.03 bits per heavy atom. The SMILES string of the molecule is Cc1cc(C)[nH]n1.[Cl][Pd][Cl].c1ccc(P(c2ccccc2)c2ccccc2)cc1. The van der Waals surface area contributed by atoms with Crippen molar-refractivity contribution in [3.63, 3.8) is 0 Å². The van der Waals surface area contributed by atoms with E-state index in [9.17, 15) is 0 Å². The first-order valence-corrected chi connectivity index (χ1v) is 14.3. The Bertz CT molecular complexity index is 824. The fraction of sp³-hybridized carbons (Fsp3) is 0.0870. The van der Waals surface area contributed by atoms with E-state index in [1.54, 1.807) is 0 Å². The van der Waals surface area contributed by atoms with Crippen LogP contribution in [0.3, 0.4) is 0 Å². The van der Waals surface area contributed by atoms with Gasteiger partial charge >= 0.3 is 35.0 Å². The maximum atomic E-state index is 4.81. The van der Waals surface area contributed by atoms with Crippen molar-refractivity contribution in [2.75, 3.05) is 0 Å². The predicted octanol–water partition coefficient (Wildman–Crippen LogP) is 5.85. The molecule has 0 fully saturated rings. The number of aromatic amines is 1. The Morgan fingerprint density at radius 1 is 0.690 bits per heavy atom. The smallest absolute Gasteiger partial charge is 0.0134 e. The van der Waals surface area contributed by atoms with Gasteiger partial charge in [-0.1, -0.05) is 91.0 Å². The number of aryl methyl sites for hydroxylation is 2. The zero-order valence-corrected chi connectivity index (χ0v) is 20.2. The molecule has 0 radical (unpaired) electrons. The van der Waals surface area contributed by atoms with Crippen LogP contribution in [-0.2, 0) is 15.9 Å². The molecule has 0 unspecified atom stereocenters. The van der Waals surface area contributed by atoms with E-state index in [-0.39, 0.29) is 15.9 Å². The van der Waals surface area contributed by atoms with Crippen LogP contribution in [0.25, 0.3) is 0 Å². The van der Waals surface area contributed by atoms with Gasteiger partial charge in [0, 0.05) is 5.69 Å². The molecule has 3 aromatic carbocycles. The van der Waals surface area contributed by atoms with Crippen LogP contribution in [-0.4, -0.2) is 10.2 Å². The second kappa shape index (κ2) is 13.7. The van der Waals surface area contributed by atoms with Gasteiger partial charge in [0.2, 0.25) is 0 Å². The molecule has 6 heteroatoms. The summed E-state index contributed by atoms with van der Waals surface area (Å²) in [5.74, 6) is 0. The molecule has 0 aliphatic carbocycles. The number of hydrogen-bond acceptors (Lipinski definition) is 1. The van der Waals surface area contributed by atoms with Crippen molar-refractivity contribution in [3.05, 3.63) is 108 Å². The first-order valence-electron chi connectivity index (χ1n) is 8.92. The van der Waals surface area contributed by atoms with Crippen molar-refractivity contribution in [2.45, 2.75) is 13.8 Å². The molecule has 4 rings (SSSR count). The summed E-state index contributed by atoms with van der Waals surface area (Å²) in [6.07, 6.45) is 0. The topological polar surface area (TPSA) is 28.7 Å². The van der Waals surface area contributed by atoms with E-state index in [4.69, 9.17) is 19.1 Å². The van der Waals surface area contributed by atoms with E-state index < -0.39 is 7.92 Å². The predicted molar refractivity (Wildman–Crippen MR) is 125 cm³/mol. The first kappa shape index (κ1) is 23.8. The third-order valence-corrected chi connectivity index (χ3v) is 6.32. The molecule has 0 amide bonds. The summed E-state index contributed by atoms with van der Waals surface area (Å²) in [6.45, 7) is 3.95. The van der Waals surface area contributed by atoms with Gasteiger partial charge in [-0.25, -0.2) is 0 Å². The van der Waals surface area contributed by atoms with Gasteiger partial charge in [-0.2, -0.15) is 5.10 Å². The monoisotopic (exact) mass is 534 g/mol. The molecule has 1 heterocycles. The standard InChI is InChI=1S/C18H15P.C5H8N2.2ClH.Pd/c1-4-10-16(11-5-1)19(17-12-6-2-7-13-17)18-14-8-3-9-15-18;1-4-3-5(2)7-6-4;;;/h1-15H;3H,1-2H3,(H,6,7);2*1H;/q;;;;+2/p-2. The van der Waals surface area contributed by atoms with Crippen molar-refractivity contribution < 1.29 is 15.9 Å². The minimum Gasteiger partial charge on any atom is -0.0622 e. The van der Waals surface area contributed by atoms with Crippen LogP contribution in [0, 0.1) is 13.8 Å². The number of rotatable bonds is 3. The van der Waals surface area contributed by atoms with Crippen molar-refractivity contribution in [2.24, 2.45) is 0 Å². The number of benzene rings is 3. The van der Waals surface area contributed by atoms with Gasteiger partial charge in [0.25, 0.3) is 0 Å². The van der Waals surface area contributed by atoms with Crippen LogP contribution in [0.4, 0.5) is 0 Å². The largest absolute Gasteiger partial charge is 0.0622 e. The van der Waals surface area contributed by atoms with Crippen molar-refractivity contribution in [1.29, 1.82) is 0 Å². The molecular formula is C23H23Cl2N2PPd. The molecule has 1 aromatic heterocycles. The minimum atomic E-state index is -0.446. The van der Waals surface area contributed by atoms with E-state index in [2.05, 4.69) is 101 Å². The number of hydrogen-bond donors (Lipinski definition) is 1. The van der Waals surface area contributed by atoms with Crippen molar-refractivity contribution in [3.8, 4) is 0 Å². The number of halogens is 2. The maximum Gasteiger partial charge on any atom is -0.0134 e. The molecule has 0 aliphatic rings. The second-order valence-electron chi connectivity index (χ2n) is 6.08. The number of nitrogens with one attached hydrogen (secondary N) is 1. The van der Waals surface area contributed by atoms with Crippen LogP contribution in [0.1, 0.15) is 11.4 Å². The summed E-state index contributed by atoms with van der Waals surface area (Å²) in [5, 5.41) is 10.9. The summed E-state index contributed by atoms with van der Waals surface area (Å²) in [5.41, 5.74) is 2.18. The van der Waals surface area contributed by atoms with Crippen molar-refractivity contribution in [1.82, 2.24) is 10.2 Å². The van der Waals surface area contributed by atoms with Crippen LogP contribution >= 0.6 is 27.0 Å². The average molecular weight is 536 g/mol. The van der Waals surface area contributed by atoms with E-state index in [1.165, 1.54) is 15.9 Å². The fourth-order valence-corrected chi connectivity index (χ4v) is 5.04. The summed E-state index contributed by atoms with van der Waals surface area (Å²) < 4.78 is 0. The van der Waals surface area contributed by atoms with Crippen LogP contribution < -0.4 is 15.9 Å². The molecule has 0 saturated heterocycles. The van der Waals surface area contributed by atoms with E-state index >= 15 is 0 Å². The van der Waals surface area contributed by atoms with Gasteiger partial charge in [-0.15, -0.1) is 0 Å². The first-order chi connectivity index (χ1) is 14.2. The van der Waals surface area contributed by atoms with Gasteiger partial charge in [0.05, 0.1) is 5.69 Å². The quantitative estimate of drug-likeness (QED) is 0.259. The second-order valence-corrected chi connectivity index (χ2v) is 10.7. The molecule has 154 valence electrons. The van der Waals surface area contributed by atoms with E-state index in [0.29, 0.717) is 0 Å². The van der Waals surface area contributed by atoms with Crippen LogP contribution in [0.15, 0.2) is 97.1 Å². The molecule has 29 heavy (non-hydrogen) atoms. The number of H-pyrrole nitrogens is 1. The van der Waals surface area contributed by atoms with E-state index in [0.717, 1.165) is 11.4 Å². The zero-order valence-electron chi connectivity index (χ0n) is 16.2. The molecule has 0 bridgehead atoms. The van der Waals surface area contributed by atoms with E-state index in [1.807, 2.05) is 19.9 Å². The molecular weight excluding hydrogens is 513 g/mol. The zero-order chi connectivity index (χ0) is 20.9. The normalized spacial score (nSPS) is 9.97. The molecule has 2 nitrogen and oxygen atoms in total. The van der Waals surface area contributed by atoms with Crippen molar-refractivity contribution >= 4 is 42.9 Å². The van der Waals surface area contributed by atoms with Gasteiger partial charge < -0.3 is 0 Å². The average Bonchev–Trinajstić information content (AvgIpc) is 3.14. The Kier molecular flexibility index (Phi) is 11.3. The summed E-state index contributed by atoms with van der Waals surface area (Å²) in [6, 6.07) is 34.3. The molecule has 4 aromatic rings. The van der Waals surface area contributed by atoms with Crippen LogP contribution in [0.5, 0.6) is 0 Å². The minimum absolute atomic E-state index is 0.106. The van der Waals surface area contributed by atoms with Gasteiger partial charge in [-0.05, 0) is 43.7 Å². The fourth-order valence-electron chi connectivity index (χ4n) is 2.73. The number of aromatic nitrogens is 2. The maximum absolute atomic E-state index is 4.81. The Hall–Kier alpha value is -1.46. The van der Waals surface area contributed by atoms with Gasteiger partial charge in [0.15, 0.2) is 0 Å².